The highest BCUT2D eigenvalue weighted by Crippen LogP contribution is 2.21. The molecule has 17 heavy (non-hydrogen) atoms. The SMILES string of the molecule is COc1ncc(Cl)c(NCCC2CCCO2)n1. The molecule has 1 aromatic heterocycles. The summed E-state index contributed by atoms with van der Waals surface area (Å²) < 4.78 is 10.5. The van der Waals surface area contributed by atoms with E-state index in [1.807, 2.05) is 0 Å². The summed E-state index contributed by atoms with van der Waals surface area (Å²) in [6, 6.07) is 0.314. The highest BCUT2D eigenvalue weighted by Gasteiger charge is 2.15. The van der Waals surface area contributed by atoms with Crippen molar-refractivity contribution in [2.45, 2.75) is 25.4 Å². The van der Waals surface area contributed by atoms with Gasteiger partial charge in [-0.05, 0) is 19.3 Å². The summed E-state index contributed by atoms with van der Waals surface area (Å²) in [4.78, 5) is 8.05. The van der Waals surface area contributed by atoms with Crippen LogP contribution in [-0.4, -0.2) is 36.3 Å². The molecule has 1 aliphatic heterocycles. The van der Waals surface area contributed by atoms with Crippen molar-refractivity contribution in [1.82, 2.24) is 9.97 Å². The molecular formula is C11H16ClN3O2. The van der Waals surface area contributed by atoms with E-state index in [1.54, 1.807) is 0 Å². The summed E-state index contributed by atoms with van der Waals surface area (Å²) in [5.41, 5.74) is 0. The van der Waals surface area contributed by atoms with Gasteiger partial charge in [-0.15, -0.1) is 0 Å². The third kappa shape index (κ3) is 3.44. The molecule has 0 spiro atoms. The summed E-state index contributed by atoms with van der Waals surface area (Å²) >= 11 is 5.97. The van der Waals surface area contributed by atoms with E-state index in [1.165, 1.54) is 13.3 Å². The minimum atomic E-state index is 0.314. The first kappa shape index (κ1) is 12.4. The molecule has 0 aliphatic carbocycles. The van der Waals surface area contributed by atoms with Crippen molar-refractivity contribution in [3.63, 3.8) is 0 Å². The van der Waals surface area contributed by atoms with Crippen LogP contribution < -0.4 is 10.1 Å². The summed E-state index contributed by atoms with van der Waals surface area (Å²) in [7, 11) is 1.53. The molecule has 1 aromatic rings. The van der Waals surface area contributed by atoms with E-state index in [2.05, 4.69) is 15.3 Å². The van der Waals surface area contributed by atoms with Crippen molar-refractivity contribution in [1.29, 1.82) is 0 Å². The molecule has 0 aromatic carbocycles. The van der Waals surface area contributed by atoms with Crippen LogP contribution in [-0.2, 0) is 4.74 Å². The second-order valence-corrected chi connectivity index (χ2v) is 4.31. The van der Waals surface area contributed by atoms with E-state index in [-0.39, 0.29) is 0 Å². The molecule has 2 rings (SSSR count). The maximum atomic E-state index is 5.97. The Labute approximate surface area is 105 Å². The Balaban J connectivity index is 1.84. The van der Waals surface area contributed by atoms with Crippen LogP contribution in [0.15, 0.2) is 6.20 Å². The molecule has 2 heterocycles. The minimum Gasteiger partial charge on any atom is -0.467 e. The van der Waals surface area contributed by atoms with E-state index in [9.17, 15) is 0 Å². The van der Waals surface area contributed by atoms with E-state index in [0.717, 1.165) is 32.4 Å². The fourth-order valence-corrected chi connectivity index (χ4v) is 1.95. The van der Waals surface area contributed by atoms with E-state index < -0.39 is 0 Å². The summed E-state index contributed by atoms with van der Waals surface area (Å²) in [6.45, 7) is 1.66. The van der Waals surface area contributed by atoms with Crippen LogP contribution in [0, 0.1) is 0 Å². The standard InChI is InChI=1S/C11H16ClN3O2/c1-16-11-14-7-9(12)10(15-11)13-5-4-8-3-2-6-17-8/h7-8H,2-6H2,1H3,(H,13,14,15). The molecule has 1 fully saturated rings. The Hall–Kier alpha value is -1.07. The van der Waals surface area contributed by atoms with E-state index >= 15 is 0 Å². The van der Waals surface area contributed by atoms with Crippen LogP contribution in [0.2, 0.25) is 5.02 Å². The molecule has 0 amide bonds. The van der Waals surface area contributed by atoms with Gasteiger partial charge in [-0.2, -0.15) is 4.98 Å². The Morgan fingerprint density at radius 1 is 1.65 bits per heavy atom. The van der Waals surface area contributed by atoms with Crippen LogP contribution in [0.3, 0.4) is 0 Å². The van der Waals surface area contributed by atoms with Gasteiger partial charge in [0, 0.05) is 13.2 Å². The molecule has 0 saturated carbocycles. The second kappa shape index (κ2) is 6.02. The van der Waals surface area contributed by atoms with Crippen molar-refractivity contribution < 1.29 is 9.47 Å². The molecule has 6 heteroatoms. The van der Waals surface area contributed by atoms with Gasteiger partial charge in [0.15, 0.2) is 5.82 Å². The first-order valence-electron chi connectivity index (χ1n) is 5.71. The largest absolute Gasteiger partial charge is 0.467 e. The van der Waals surface area contributed by atoms with Crippen LogP contribution >= 0.6 is 11.6 Å². The zero-order valence-corrected chi connectivity index (χ0v) is 10.5. The van der Waals surface area contributed by atoms with Gasteiger partial charge in [-0.1, -0.05) is 11.6 Å². The van der Waals surface area contributed by atoms with Gasteiger partial charge in [-0.3, -0.25) is 0 Å². The van der Waals surface area contributed by atoms with Crippen LogP contribution in [0.1, 0.15) is 19.3 Å². The van der Waals surface area contributed by atoms with Crippen molar-refractivity contribution in [2.75, 3.05) is 25.6 Å². The zero-order chi connectivity index (χ0) is 12.1. The molecule has 94 valence electrons. The van der Waals surface area contributed by atoms with Gasteiger partial charge >= 0.3 is 6.01 Å². The van der Waals surface area contributed by atoms with E-state index in [4.69, 9.17) is 21.1 Å². The van der Waals surface area contributed by atoms with Crippen LogP contribution in [0.25, 0.3) is 0 Å². The molecule has 1 saturated heterocycles. The number of aromatic nitrogens is 2. The average Bonchev–Trinajstić information content (AvgIpc) is 2.84. The number of nitrogens with zero attached hydrogens (tertiary/aromatic N) is 2. The lowest BCUT2D eigenvalue weighted by Crippen LogP contribution is -2.13. The zero-order valence-electron chi connectivity index (χ0n) is 9.78. The number of nitrogens with one attached hydrogen (secondary N) is 1. The number of halogens is 1. The lowest BCUT2D eigenvalue weighted by Gasteiger charge is -2.11. The summed E-state index contributed by atoms with van der Waals surface area (Å²) in [6.07, 6.45) is 5.16. The highest BCUT2D eigenvalue weighted by molar-refractivity contribution is 6.32. The third-order valence-corrected chi connectivity index (χ3v) is 2.96. The molecule has 1 aliphatic rings. The smallest absolute Gasteiger partial charge is 0.318 e. The van der Waals surface area contributed by atoms with Gasteiger partial charge in [0.25, 0.3) is 0 Å². The van der Waals surface area contributed by atoms with Gasteiger partial charge in [0.05, 0.1) is 19.4 Å². The van der Waals surface area contributed by atoms with Crippen molar-refractivity contribution in [3.8, 4) is 6.01 Å². The Morgan fingerprint density at radius 3 is 3.24 bits per heavy atom. The fourth-order valence-electron chi connectivity index (χ4n) is 1.80. The number of anilines is 1. The number of hydrogen-bond acceptors (Lipinski definition) is 5. The Kier molecular flexibility index (Phi) is 4.39. The quantitative estimate of drug-likeness (QED) is 0.876. The second-order valence-electron chi connectivity index (χ2n) is 3.90. The van der Waals surface area contributed by atoms with E-state index in [0.29, 0.717) is 23.0 Å². The third-order valence-electron chi connectivity index (χ3n) is 2.69. The Bertz CT molecular complexity index is 370. The summed E-state index contributed by atoms with van der Waals surface area (Å²) in [5, 5.41) is 3.67. The number of hydrogen-bond donors (Lipinski definition) is 1. The predicted octanol–water partition coefficient (Wildman–Crippen LogP) is 2.12. The lowest BCUT2D eigenvalue weighted by molar-refractivity contribution is 0.107. The minimum absolute atomic E-state index is 0.314. The maximum Gasteiger partial charge on any atom is 0.318 e. The molecule has 1 atom stereocenters. The van der Waals surface area contributed by atoms with Gasteiger partial charge < -0.3 is 14.8 Å². The van der Waals surface area contributed by atoms with Crippen LogP contribution in [0.4, 0.5) is 5.82 Å². The number of ether oxygens (including phenoxy) is 2. The van der Waals surface area contributed by atoms with Gasteiger partial charge in [0.2, 0.25) is 0 Å². The molecule has 0 radical (unpaired) electrons. The lowest BCUT2D eigenvalue weighted by atomic mass is 10.2. The molecular weight excluding hydrogens is 242 g/mol. The highest BCUT2D eigenvalue weighted by atomic mass is 35.5. The monoisotopic (exact) mass is 257 g/mol. The Morgan fingerprint density at radius 2 is 2.53 bits per heavy atom. The van der Waals surface area contributed by atoms with Crippen molar-refractivity contribution in [3.05, 3.63) is 11.2 Å². The molecule has 5 nitrogen and oxygen atoms in total. The molecule has 1 unspecified atom stereocenters. The van der Waals surface area contributed by atoms with Gasteiger partial charge in [-0.25, -0.2) is 4.98 Å². The molecule has 0 bridgehead atoms. The van der Waals surface area contributed by atoms with Crippen molar-refractivity contribution >= 4 is 17.4 Å². The first-order valence-corrected chi connectivity index (χ1v) is 6.09. The fraction of sp³-hybridized carbons (Fsp3) is 0.636. The summed E-state index contributed by atoms with van der Waals surface area (Å²) in [5.74, 6) is 0.608. The first-order chi connectivity index (χ1) is 8.29. The van der Waals surface area contributed by atoms with Crippen molar-refractivity contribution in [2.24, 2.45) is 0 Å². The number of methoxy groups -OCH3 is 1. The molecule has 1 N–H and O–H groups in total. The average molecular weight is 258 g/mol. The normalized spacial score (nSPS) is 19.3. The number of rotatable bonds is 5. The van der Waals surface area contributed by atoms with Crippen LogP contribution in [0.5, 0.6) is 6.01 Å². The predicted molar refractivity (Wildman–Crippen MR) is 65.7 cm³/mol. The topological polar surface area (TPSA) is 56.3 Å². The van der Waals surface area contributed by atoms with Gasteiger partial charge in [0.1, 0.15) is 5.02 Å². The maximum absolute atomic E-state index is 5.97.